The van der Waals surface area contributed by atoms with E-state index < -0.39 is 0 Å². The van der Waals surface area contributed by atoms with E-state index in [1.54, 1.807) is 0 Å². The maximum atomic E-state index is 5.89. The molecule has 78 valence electrons. The summed E-state index contributed by atoms with van der Waals surface area (Å²) < 4.78 is 11.4. The highest BCUT2D eigenvalue weighted by Gasteiger charge is 2.29. The molecule has 1 heterocycles. The molecule has 0 N–H and O–H groups in total. The zero-order valence-corrected chi connectivity index (χ0v) is 9.25. The summed E-state index contributed by atoms with van der Waals surface area (Å²) in [6.45, 7) is 10.4. The van der Waals surface area contributed by atoms with Crippen molar-refractivity contribution in [1.29, 1.82) is 0 Å². The van der Waals surface area contributed by atoms with Crippen molar-refractivity contribution in [1.82, 2.24) is 0 Å². The van der Waals surface area contributed by atoms with E-state index in [1.807, 2.05) is 0 Å². The standard InChI is InChI=1S/C11H22O2/c1-8(2)10-7-12-6-5-11(10)13-9(3)4/h8-11H,5-7H2,1-4H3/t10-,11-/m0/s1. The summed E-state index contributed by atoms with van der Waals surface area (Å²) in [5.41, 5.74) is 0. The van der Waals surface area contributed by atoms with Gasteiger partial charge in [-0.2, -0.15) is 0 Å². The zero-order valence-electron chi connectivity index (χ0n) is 9.25. The molecule has 0 radical (unpaired) electrons. The Morgan fingerprint density at radius 3 is 2.46 bits per heavy atom. The van der Waals surface area contributed by atoms with E-state index in [2.05, 4.69) is 27.7 Å². The second kappa shape index (κ2) is 4.97. The van der Waals surface area contributed by atoms with Crippen LogP contribution in [0.15, 0.2) is 0 Å². The van der Waals surface area contributed by atoms with E-state index in [0.29, 0.717) is 24.0 Å². The van der Waals surface area contributed by atoms with Gasteiger partial charge in [-0.25, -0.2) is 0 Å². The molecule has 1 aliphatic heterocycles. The SMILES string of the molecule is CC(C)O[C@H]1CCOC[C@H]1C(C)C. The van der Waals surface area contributed by atoms with Crippen molar-refractivity contribution in [3.63, 3.8) is 0 Å². The fourth-order valence-corrected chi connectivity index (χ4v) is 1.88. The van der Waals surface area contributed by atoms with Crippen LogP contribution in [-0.2, 0) is 9.47 Å². The predicted octanol–water partition coefficient (Wildman–Crippen LogP) is 2.47. The molecule has 2 nitrogen and oxygen atoms in total. The van der Waals surface area contributed by atoms with Gasteiger partial charge in [-0.1, -0.05) is 13.8 Å². The highest BCUT2D eigenvalue weighted by Crippen LogP contribution is 2.25. The van der Waals surface area contributed by atoms with Crippen molar-refractivity contribution in [2.75, 3.05) is 13.2 Å². The Kier molecular flexibility index (Phi) is 4.20. The fourth-order valence-electron chi connectivity index (χ4n) is 1.88. The van der Waals surface area contributed by atoms with Gasteiger partial charge in [0, 0.05) is 12.5 Å². The van der Waals surface area contributed by atoms with Crippen molar-refractivity contribution in [2.45, 2.75) is 46.3 Å². The Morgan fingerprint density at radius 2 is 1.92 bits per heavy atom. The molecule has 0 aliphatic carbocycles. The monoisotopic (exact) mass is 186 g/mol. The van der Waals surface area contributed by atoms with Crippen molar-refractivity contribution in [3.05, 3.63) is 0 Å². The van der Waals surface area contributed by atoms with Crippen LogP contribution < -0.4 is 0 Å². The van der Waals surface area contributed by atoms with Crippen LogP contribution in [0.25, 0.3) is 0 Å². The van der Waals surface area contributed by atoms with Crippen LogP contribution in [0.5, 0.6) is 0 Å². The van der Waals surface area contributed by atoms with E-state index in [4.69, 9.17) is 9.47 Å². The number of rotatable bonds is 3. The molecule has 0 spiro atoms. The van der Waals surface area contributed by atoms with Gasteiger partial charge < -0.3 is 9.47 Å². The van der Waals surface area contributed by atoms with Crippen molar-refractivity contribution in [2.24, 2.45) is 11.8 Å². The topological polar surface area (TPSA) is 18.5 Å². The average Bonchev–Trinajstić information content (AvgIpc) is 2.03. The lowest BCUT2D eigenvalue weighted by Crippen LogP contribution is -2.38. The first-order chi connectivity index (χ1) is 6.11. The lowest BCUT2D eigenvalue weighted by atomic mass is 9.88. The molecule has 0 bridgehead atoms. The molecule has 1 fully saturated rings. The molecule has 0 aromatic rings. The number of ether oxygens (including phenoxy) is 2. The Balaban J connectivity index is 2.46. The van der Waals surface area contributed by atoms with Crippen molar-refractivity contribution in [3.8, 4) is 0 Å². The van der Waals surface area contributed by atoms with Crippen LogP contribution in [0, 0.1) is 11.8 Å². The first kappa shape index (κ1) is 11.0. The maximum Gasteiger partial charge on any atom is 0.0653 e. The van der Waals surface area contributed by atoms with Gasteiger partial charge >= 0.3 is 0 Å². The van der Waals surface area contributed by atoms with E-state index in [1.165, 1.54) is 0 Å². The quantitative estimate of drug-likeness (QED) is 0.674. The Labute approximate surface area is 81.6 Å². The molecule has 0 aromatic heterocycles. The van der Waals surface area contributed by atoms with Crippen molar-refractivity contribution < 1.29 is 9.47 Å². The number of hydrogen-bond acceptors (Lipinski definition) is 2. The highest BCUT2D eigenvalue weighted by molar-refractivity contribution is 4.77. The van der Waals surface area contributed by atoms with E-state index in [0.717, 1.165) is 19.6 Å². The van der Waals surface area contributed by atoms with Gasteiger partial charge in [-0.05, 0) is 26.2 Å². The molecule has 1 aliphatic rings. The lowest BCUT2D eigenvalue weighted by molar-refractivity contribution is -0.106. The third-order valence-electron chi connectivity index (χ3n) is 2.64. The minimum atomic E-state index is 0.337. The van der Waals surface area contributed by atoms with E-state index in [9.17, 15) is 0 Å². The summed E-state index contributed by atoms with van der Waals surface area (Å²) in [5.74, 6) is 1.24. The van der Waals surface area contributed by atoms with E-state index >= 15 is 0 Å². The smallest absolute Gasteiger partial charge is 0.0653 e. The van der Waals surface area contributed by atoms with Crippen LogP contribution in [0.2, 0.25) is 0 Å². The molecule has 1 saturated heterocycles. The van der Waals surface area contributed by atoms with Crippen LogP contribution in [0.4, 0.5) is 0 Å². The van der Waals surface area contributed by atoms with Crippen LogP contribution in [0.3, 0.4) is 0 Å². The zero-order chi connectivity index (χ0) is 9.84. The van der Waals surface area contributed by atoms with Gasteiger partial charge in [0.05, 0.1) is 18.8 Å². The summed E-state index contributed by atoms with van der Waals surface area (Å²) >= 11 is 0. The number of hydrogen-bond donors (Lipinski definition) is 0. The second-order valence-electron chi connectivity index (χ2n) is 4.49. The van der Waals surface area contributed by atoms with Gasteiger partial charge in [0.2, 0.25) is 0 Å². The van der Waals surface area contributed by atoms with Gasteiger partial charge in [0.1, 0.15) is 0 Å². The van der Waals surface area contributed by atoms with Crippen LogP contribution in [0.1, 0.15) is 34.1 Å². The van der Waals surface area contributed by atoms with E-state index in [-0.39, 0.29) is 0 Å². The lowest BCUT2D eigenvalue weighted by Gasteiger charge is -2.35. The second-order valence-corrected chi connectivity index (χ2v) is 4.49. The molecule has 2 heteroatoms. The first-order valence-electron chi connectivity index (χ1n) is 5.34. The third kappa shape index (κ3) is 3.28. The molecule has 13 heavy (non-hydrogen) atoms. The third-order valence-corrected chi connectivity index (χ3v) is 2.64. The highest BCUT2D eigenvalue weighted by atomic mass is 16.5. The molecule has 0 aromatic carbocycles. The Morgan fingerprint density at radius 1 is 1.23 bits per heavy atom. The molecular formula is C11H22O2. The van der Waals surface area contributed by atoms with Gasteiger partial charge in [0.15, 0.2) is 0 Å². The Bertz CT molecular complexity index is 143. The summed E-state index contributed by atoms with van der Waals surface area (Å²) in [4.78, 5) is 0. The largest absolute Gasteiger partial charge is 0.381 e. The van der Waals surface area contributed by atoms with Crippen LogP contribution >= 0.6 is 0 Å². The normalized spacial score (nSPS) is 30.0. The summed E-state index contributed by atoms with van der Waals surface area (Å²) in [6.07, 6.45) is 1.80. The summed E-state index contributed by atoms with van der Waals surface area (Å²) in [7, 11) is 0. The molecule has 0 unspecified atom stereocenters. The molecule has 0 saturated carbocycles. The molecule has 1 rings (SSSR count). The molecule has 2 atom stereocenters. The maximum absolute atomic E-state index is 5.89. The predicted molar refractivity (Wildman–Crippen MR) is 53.8 cm³/mol. The van der Waals surface area contributed by atoms with Gasteiger partial charge in [-0.3, -0.25) is 0 Å². The summed E-state index contributed by atoms with van der Waals surface area (Å²) in [6, 6.07) is 0. The van der Waals surface area contributed by atoms with Crippen LogP contribution in [-0.4, -0.2) is 25.4 Å². The minimum Gasteiger partial charge on any atom is -0.381 e. The van der Waals surface area contributed by atoms with Crippen molar-refractivity contribution >= 4 is 0 Å². The minimum absolute atomic E-state index is 0.337. The van der Waals surface area contributed by atoms with Gasteiger partial charge in [0.25, 0.3) is 0 Å². The first-order valence-corrected chi connectivity index (χ1v) is 5.34. The fraction of sp³-hybridized carbons (Fsp3) is 1.00. The van der Waals surface area contributed by atoms with Gasteiger partial charge in [-0.15, -0.1) is 0 Å². The molecule has 0 amide bonds. The Hall–Kier alpha value is -0.0800. The average molecular weight is 186 g/mol. The summed E-state index contributed by atoms with van der Waals surface area (Å²) in [5, 5.41) is 0. The molecular weight excluding hydrogens is 164 g/mol.